The molecule has 0 atom stereocenters. The van der Waals surface area contributed by atoms with E-state index in [9.17, 15) is 0 Å². The van der Waals surface area contributed by atoms with Crippen LogP contribution in [0.25, 0.3) is 0 Å². The minimum atomic E-state index is 0.850. The quantitative estimate of drug-likeness (QED) is 0.401. The molecule has 1 aliphatic heterocycles. The molecule has 0 bridgehead atoms. The molecule has 0 unspecified atom stereocenters. The average molecular weight is 361 g/mol. The summed E-state index contributed by atoms with van der Waals surface area (Å²) in [6, 6.07) is 6.63. The molecular formula is C23H40N2O. The lowest BCUT2D eigenvalue weighted by atomic mass is 10.1. The SMILES string of the molecule is CCCCCCCCCCCCOc1ccc(N2CCN(C)C2)cc1C. The van der Waals surface area contributed by atoms with Gasteiger partial charge in [-0.05, 0) is 44.2 Å². The van der Waals surface area contributed by atoms with Crippen LogP contribution in [0.15, 0.2) is 18.2 Å². The summed E-state index contributed by atoms with van der Waals surface area (Å²) in [4.78, 5) is 4.78. The van der Waals surface area contributed by atoms with E-state index >= 15 is 0 Å². The molecule has 26 heavy (non-hydrogen) atoms. The maximum Gasteiger partial charge on any atom is 0.122 e. The zero-order valence-electron chi connectivity index (χ0n) is 17.4. The third-order valence-electron chi connectivity index (χ3n) is 5.44. The highest BCUT2D eigenvalue weighted by Crippen LogP contribution is 2.26. The average Bonchev–Trinajstić information content (AvgIpc) is 3.07. The van der Waals surface area contributed by atoms with E-state index in [2.05, 4.69) is 48.9 Å². The van der Waals surface area contributed by atoms with Crippen molar-refractivity contribution < 1.29 is 4.74 Å². The normalized spacial score (nSPS) is 15.0. The zero-order chi connectivity index (χ0) is 18.6. The number of rotatable bonds is 13. The molecular weight excluding hydrogens is 320 g/mol. The van der Waals surface area contributed by atoms with E-state index in [0.717, 1.165) is 32.1 Å². The summed E-state index contributed by atoms with van der Waals surface area (Å²) >= 11 is 0. The van der Waals surface area contributed by atoms with Gasteiger partial charge in [-0.25, -0.2) is 0 Å². The molecule has 3 nitrogen and oxygen atoms in total. The number of ether oxygens (including phenoxy) is 1. The van der Waals surface area contributed by atoms with Gasteiger partial charge in [-0.2, -0.15) is 0 Å². The van der Waals surface area contributed by atoms with Crippen molar-refractivity contribution in [2.75, 3.05) is 38.3 Å². The predicted octanol–water partition coefficient (Wildman–Crippen LogP) is 6.00. The Balaban J connectivity index is 1.54. The van der Waals surface area contributed by atoms with Crippen LogP contribution in [0, 0.1) is 6.92 Å². The van der Waals surface area contributed by atoms with Gasteiger partial charge in [0.05, 0.1) is 13.3 Å². The number of benzene rings is 1. The van der Waals surface area contributed by atoms with Crippen molar-refractivity contribution in [2.45, 2.75) is 78.1 Å². The molecule has 1 aromatic carbocycles. The van der Waals surface area contributed by atoms with Gasteiger partial charge in [0.1, 0.15) is 5.75 Å². The first-order chi connectivity index (χ1) is 12.7. The molecule has 0 amide bonds. The highest BCUT2D eigenvalue weighted by Gasteiger charge is 2.17. The van der Waals surface area contributed by atoms with Crippen LogP contribution in [0.1, 0.15) is 76.7 Å². The molecule has 1 aliphatic rings. The second-order valence-corrected chi connectivity index (χ2v) is 7.96. The summed E-state index contributed by atoms with van der Waals surface area (Å²) in [5.74, 6) is 1.05. The second kappa shape index (κ2) is 12.2. The number of likely N-dealkylation sites (N-methyl/N-ethyl adjacent to an activating group) is 1. The maximum atomic E-state index is 6.02. The molecule has 0 radical (unpaired) electrons. The Labute approximate surface area is 161 Å². The number of hydrogen-bond acceptors (Lipinski definition) is 3. The fourth-order valence-electron chi connectivity index (χ4n) is 3.70. The Hall–Kier alpha value is -1.22. The Morgan fingerprint density at radius 1 is 0.885 bits per heavy atom. The largest absolute Gasteiger partial charge is 0.493 e. The summed E-state index contributed by atoms with van der Waals surface area (Å²) in [6.07, 6.45) is 13.7. The van der Waals surface area contributed by atoms with Gasteiger partial charge in [-0.3, -0.25) is 4.90 Å². The third-order valence-corrected chi connectivity index (χ3v) is 5.44. The fraction of sp³-hybridized carbons (Fsp3) is 0.739. The van der Waals surface area contributed by atoms with Crippen LogP contribution in [-0.2, 0) is 0 Å². The molecule has 1 aromatic rings. The van der Waals surface area contributed by atoms with Gasteiger partial charge in [0.25, 0.3) is 0 Å². The van der Waals surface area contributed by atoms with Gasteiger partial charge in [0.2, 0.25) is 0 Å². The van der Waals surface area contributed by atoms with Crippen LogP contribution in [0.5, 0.6) is 5.75 Å². The number of unbranched alkanes of at least 4 members (excludes halogenated alkanes) is 9. The molecule has 2 rings (SSSR count). The van der Waals surface area contributed by atoms with Crippen LogP contribution in [0.2, 0.25) is 0 Å². The highest BCUT2D eigenvalue weighted by molar-refractivity contribution is 5.53. The van der Waals surface area contributed by atoms with Gasteiger partial charge in [-0.1, -0.05) is 64.7 Å². The summed E-state index contributed by atoms with van der Waals surface area (Å²) < 4.78 is 6.02. The second-order valence-electron chi connectivity index (χ2n) is 7.96. The summed E-state index contributed by atoms with van der Waals surface area (Å²) in [5, 5.41) is 0. The van der Waals surface area contributed by atoms with Crippen molar-refractivity contribution in [1.82, 2.24) is 4.90 Å². The van der Waals surface area contributed by atoms with Gasteiger partial charge in [0, 0.05) is 18.8 Å². The van der Waals surface area contributed by atoms with Crippen LogP contribution in [0.4, 0.5) is 5.69 Å². The van der Waals surface area contributed by atoms with E-state index in [0.29, 0.717) is 0 Å². The van der Waals surface area contributed by atoms with Crippen molar-refractivity contribution in [2.24, 2.45) is 0 Å². The Bertz CT molecular complexity index is 503. The fourth-order valence-corrected chi connectivity index (χ4v) is 3.70. The van der Waals surface area contributed by atoms with Crippen molar-refractivity contribution in [3.8, 4) is 5.75 Å². The molecule has 0 spiro atoms. The predicted molar refractivity (Wildman–Crippen MR) is 113 cm³/mol. The molecule has 0 aliphatic carbocycles. The van der Waals surface area contributed by atoms with Gasteiger partial charge >= 0.3 is 0 Å². The molecule has 148 valence electrons. The molecule has 3 heteroatoms. The lowest BCUT2D eigenvalue weighted by Crippen LogP contribution is -2.22. The van der Waals surface area contributed by atoms with Gasteiger partial charge in [-0.15, -0.1) is 0 Å². The summed E-state index contributed by atoms with van der Waals surface area (Å²) in [7, 11) is 2.18. The molecule has 1 saturated heterocycles. The van der Waals surface area contributed by atoms with Crippen molar-refractivity contribution >= 4 is 5.69 Å². The first kappa shape index (κ1) is 21.1. The van der Waals surface area contributed by atoms with Crippen LogP contribution in [-0.4, -0.2) is 38.3 Å². The van der Waals surface area contributed by atoms with E-state index in [4.69, 9.17) is 4.74 Å². The first-order valence-electron chi connectivity index (χ1n) is 10.9. The van der Waals surface area contributed by atoms with E-state index in [-0.39, 0.29) is 0 Å². The Morgan fingerprint density at radius 2 is 1.54 bits per heavy atom. The summed E-state index contributed by atoms with van der Waals surface area (Å²) in [5.41, 5.74) is 2.57. The number of anilines is 1. The topological polar surface area (TPSA) is 15.7 Å². The summed E-state index contributed by atoms with van der Waals surface area (Å²) in [6.45, 7) is 8.59. The lowest BCUT2D eigenvalue weighted by Gasteiger charge is -2.19. The van der Waals surface area contributed by atoms with Crippen LogP contribution >= 0.6 is 0 Å². The Kier molecular flexibility index (Phi) is 9.91. The molecule has 1 fully saturated rings. The third kappa shape index (κ3) is 7.57. The van der Waals surface area contributed by atoms with Crippen LogP contribution < -0.4 is 9.64 Å². The van der Waals surface area contributed by atoms with Gasteiger partial charge < -0.3 is 9.64 Å². The first-order valence-corrected chi connectivity index (χ1v) is 10.9. The lowest BCUT2D eigenvalue weighted by molar-refractivity contribution is 0.302. The zero-order valence-corrected chi connectivity index (χ0v) is 17.4. The van der Waals surface area contributed by atoms with Crippen molar-refractivity contribution in [1.29, 1.82) is 0 Å². The Morgan fingerprint density at radius 3 is 2.12 bits per heavy atom. The van der Waals surface area contributed by atoms with Crippen molar-refractivity contribution in [3.63, 3.8) is 0 Å². The number of nitrogens with zero attached hydrogens (tertiary/aromatic N) is 2. The molecule has 1 heterocycles. The van der Waals surface area contributed by atoms with Gasteiger partial charge in [0.15, 0.2) is 0 Å². The maximum absolute atomic E-state index is 6.02. The molecule has 0 aromatic heterocycles. The van der Waals surface area contributed by atoms with E-state index < -0.39 is 0 Å². The van der Waals surface area contributed by atoms with E-state index in [1.165, 1.54) is 75.5 Å². The minimum Gasteiger partial charge on any atom is -0.493 e. The number of hydrogen-bond donors (Lipinski definition) is 0. The molecule has 0 N–H and O–H groups in total. The van der Waals surface area contributed by atoms with E-state index in [1.54, 1.807) is 0 Å². The smallest absolute Gasteiger partial charge is 0.122 e. The minimum absolute atomic E-state index is 0.850. The van der Waals surface area contributed by atoms with E-state index in [1.807, 2.05) is 0 Å². The van der Waals surface area contributed by atoms with Crippen molar-refractivity contribution in [3.05, 3.63) is 23.8 Å². The monoisotopic (exact) mass is 360 g/mol. The van der Waals surface area contributed by atoms with Crippen LogP contribution in [0.3, 0.4) is 0 Å². The molecule has 0 saturated carbocycles. The number of aryl methyl sites for hydroxylation is 1. The standard InChI is InChI=1S/C23H40N2O/c1-4-5-6-7-8-9-10-11-12-13-18-26-23-15-14-22(19-21(23)2)25-17-16-24(3)20-25/h14-15,19H,4-13,16-18,20H2,1-3H3. The highest BCUT2D eigenvalue weighted by atomic mass is 16.5.